The van der Waals surface area contributed by atoms with Gasteiger partial charge in [-0.3, -0.25) is 0 Å². The van der Waals surface area contributed by atoms with Gasteiger partial charge in [-0.25, -0.2) is 13.6 Å². The minimum absolute atomic E-state index is 0.0190. The van der Waals surface area contributed by atoms with Crippen LogP contribution in [0.2, 0.25) is 0 Å². The monoisotopic (exact) mass is 429 g/mol. The van der Waals surface area contributed by atoms with Crippen molar-refractivity contribution in [3.05, 3.63) is 56.9 Å². The summed E-state index contributed by atoms with van der Waals surface area (Å²) in [4.78, 5) is 11.4. The van der Waals surface area contributed by atoms with E-state index in [2.05, 4.69) is 5.32 Å². The van der Waals surface area contributed by atoms with E-state index in [1.54, 1.807) is 13.0 Å². The van der Waals surface area contributed by atoms with E-state index in [-0.39, 0.29) is 22.5 Å². The fourth-order valence-corrected chi connectivity index (χ4v) is 2.72. The van der Waals surface area contributed by atoms with Crippen LogP contribution in [0.3, 0.4) is 0 Å². The second-order valence-corrected chi connectivity index (χ2v) is 6.21. The molecule has 0 fully saturated rings. The average molecular weight is 429 g/mol. The van der Waals surface area contributed by atoms with Crippen molar-refractivity contribution in [1.29, 1.82) is 0 Å². The van der Waals surface area contributed by atoms with E-state index in [0.29, 0.717) is 14.5 Å². The number of hydrogen-bond acceptors (Lipinski definition) is 3. The van der Waals surface area contributed by atoms with E-state index in [4.69, 9.17) is 4.42 Å². The van der Waals surface area contributed by atoms with Crippen LogP contribution in [-0.4, -0.2) is 11.1 Å². The Morgan fingerprint density at radius 2 is 2.04 bits per heavy atom. The number of carbonyl (C=O) groups is 1. The molecular formula is C16H10F2INO3. The molecule has 1 aromatic heterocycles. The Labute approximate surface area is 143 Å². The molecule has 2 aromatic carbocycles. The summed E-state index contributed by atoms with van der Waals surface area (Å²) in [5, 5.41) is 12.2. The highest BCUT2D eigenvalue weighted by atomic mass is 127. The van der Waals surface area contributed by atoms with Gasteiger partial charge in [-0.2, -0.15) is 0 Å². The number of hydrogen-bond donors (Lipinski definition) is 2. The predicted molar refractivity (Wildman–Crippen MR) is 90.3 cm³/mol. The first-order valence-electron chi connectivity index (χ1n) is 6.54. The van der Waals surface area contributed by atoms with Gasteiger partial charge in [0.2, 0.25) is 0 Å². The molecule has 0 unspecified atom stereocenters. The number of nitrogens with one attached hydrogen (secondary N) is 1. The molecule has 1 heterocycles. The van der Waals surface area contributed by atoms with Crippen molar-refractivity contribution < 1.29 is 23.1 Å². The summed E-state index contributed by atoms with van der Waals surface area (Å²) in [5.74, 6) is -2.80. The van der Waals surface area contributed by atoms with Gasteiger partial charge in [-0.1, -0.05) is 0 Å². The average Bonchev–Trinajstić information content (AvgIpc) is 2.85. The Kier molecular flexibility index (Phi) is 3.97. The topological polar surface area (TPSA) is 62.5 Å². The van der Waals surface area contributed by atoms with Crippen molar-refractivity contribution >= 4 is 50.9 Å². The van der Waals surface area contributed by atoms with Crippen LogP contribution in [0.5, 0.6) is 0 Å². The van der Waals surface area contributed by atoms with Crippen LogP contribution in [0.15, 0.2) is 34.9 Å². The Bertz CT molecular complexity index is 937. The molecule has 3 rings (SSSR count). The third-order valence-electron chi connectivity index (χ3n) is 3.42. The van der Waals surface area contributed by atoms with E-state index >= 15 is 0 Å². The van der Waals surface area contributed by atoms with Crippen LogP contribution in [0, 0.1) is 22.1 Å². The zero-order valence-corrected chi connectivity index (χ0v) is 13.9. The summed E-state index contributed by atoms with van der Waals surface area (Å²) in [6.07, 6.45) is 1.34. The highest BCUT2D eigenvalue weighted by Crippen LogP contribution is 2.34. The fraction of sp³-hybridized carbons (Fsp3) is 0.0625. The molecule has 0 bridgehead atoms. The second kappa shape index (κ2) is 5.80. The third kappa shape index (κ3) is 2.76. The molecule has 0 saturated heterocycles. The highest BCUT2D eigenvalue weighted by Gasteiger charge is 2.22. The number of furan rings is 1. The number of benzene rings is 2. The summed E-state index contributed by atoms with van der Waals surface area (Å²) in [6.45, 7) is 1.68. The molecule has 23 heavy (non-hydrogen) atoms. The molecule has 0 aliphatic carbocycles. The number of rotatable bonds is 3. The predicted octanol–water partition coefficient (Wildman–Crippen LogP) is 5.07. The molecule has 0 aliphatic heterocycles. The molecule has 0 saturated carbocycles. The van der Waals surface area contributed by atoms with Crippen molar-refractivity contribution in [2.24, 2.45) is 0 Å². The van der Waals surface area contributed by atoms with Gasteiger partial charge in [-0.15, -0.1) is 0 Å². The summed E-state index contributed by atoms with van der Waals surface area (Å²) in [6, 6.07) is 5.61. The van der Waals surface area contributed by atoms with Gasteiger partial charge >= 0.3 is 5.97 Å². The molecule has 3 aromatic rings. The van der Waals surface area contributed by atoms with Crippen LogP contribution < -0.4 is 5.32 Å². The Hall–Kier alpha value is -2.16. The first-order chi connectivity index (χ1) is 10.9. The van der Waals surface area contributed by atoms with Crippen molar-refractivity contribution in [2.45, 2.75) is 6.92 Å². The van der Waals surface area contributed by atoms with Gasteiger partial charge in [0.05, 0.1) is 23.2 Å². The van der Waals surface area contributed by atoms with E-state index in [1.807, 2.05) is 22.6 Å². The van der Waals surface area contributed by atoms with Gasteiger partial charge in [0, 0.05) is 8.96 Å². The molecule has 0 amide bonds. The van der Waals surface area contributed by atoms with Crippen LogP contribution in [0.25, 0.3) is 11.0 Å². The second-order valence-electron chi connectivity index (χ2n) is 4.96. The van der Waals surface area contributed by atoms with Gasteiger partial charge in [0.15, 0.2) is 11.4 Å². The van der Waals surface area contributed by atoms with Crippen molar-refractivity contribution in [3.8, 4) is 0 Å². The Morgan fingerprint density at radius 1 is 1.30 bits per heavy atom. The largest absolute Gasteiger partial charge is 0.478 e. The number of anilines is 2. The van der Waals surface area contributed by atoms with Gasteiger partial charge < -0.3 is 14.8 Å². The Balaban J connectivity index is 2.21. The van der Waals surface area contributed by atoms with E-state index in [0.717, 1.165) is 0 Å². The van der Waals surface area contributed by atoms with Crippen LogP contribution >= 0.6 is 22.6 Å². The fourth-order valence-electron chi connectivity index (χ4n) is 2.27. The summed E-state index contributed by atoms with van der Waals surface area (Å²) >= 11 is 1.94. The number of carboxylic acid groups (broad SMARTS) is 1. The first-order valence-corrected chi connectivity index (χ1v) is 7.62. The van der Waals surface area contributed by atoms with Crippen LogP contribution in [-0.2, 0) is 0 Å². The maximum atomic E-state index is 14.7. The summed E-state index contributed by atoms with van der Waals surface area (Å²) < 4.78 is 34.4. The number of carboxylic acids is 1. The SMILES string of the molecule is Cc1coc2c(F)c(Nc3ccc(I)cc3F)c(C(=O)O)cc12. The smallest absolute Gasteiger partial charge is 0.337 e. The van der Waals surface area contributed by atoms with Crippen LogP contribution in [0.1, 0.15) is 15.9 Å². The van der Waals surface area contributed by atoms with Crippen molar-refractivity contribution in [1.82, 2.24) is 0 Å². The summed E-state index contributed by atoms with van der Waals surface area (Å²) in [7, 11) is 0. The number of aromatic carboxylic acids is 1. The number of halogens is 3. The first kappa shape index (κ1) is 15.7. The Morgan fingerprint density at radius 3 is 2.70 bits per heavy atom. The molecule has 0 spiro atoms. The quantitative estimate of drug-likeness (QED) is 0.572. The molecule has 4 nitrogen and oxygen atoms in total. The lowest BCUT2D eigenvalue weighted by molar-refractivity contribution is 0.0697. The molecule has 0 aliphatic rings. The normalized spacial score (nSPS) is 11.0. The minimum atomic E-state index is -1.32. The standard InChI is InChI=1S/C16H10F2INO3/c1-7-6-23-15-9(7)5-10(16(21)22)14(13(15)18)20-12-3-2-8(19)4-11(12)17/h2-6,20H,1H3,(H,21,22). The van der Waals surface area contributed by atoms with Gasteiger partial charge in [-0.05, 0) is 59.3 Å². The van der Waals surface area contributed by atoms with Crippen LogP contribution in [0.4, 0.5) is 20.2 Å². The number of aryl methyl sites for hydroxylation is 1. The number of fused-ring (bicyclic) bond motifs is 1. The van der Waals surface area contributed by atoms with Crippen molar-refractivity contribution in [2.75, 3.05) is 5.32 Å². The maximum Gasteiger partial charge on any atom is 0.337 e. The minimum Gasteiger partial charge on any atom is -0.478 e. The zero-order valence-electron chi connectivity index (χ0n) is 11.8. The van der Waals surface area contributed by atoms with Gasteiger partial charge in [0.1, 0.15) is 5.82 Å². The van der Waals surface area contributed by atoms with E-state index in [9.17, 15) is 18.7 Å². The lowest BCUT2D eigenvalue weighted by atomic mass is 10.1. The molecule has 7 heteroatoms. The summed E-state index contributed by atoms with van der Waals surface area (Å²) in [5.41, 5.74) is -0.0966. The molecule has 0 radical (unpaired) electrons. The molecule has 0 atom stereocenters. The lowest BCUT2D eigenvalue weighted by Crippen LogP contribution is -2.06. The molecule has 2 N–H and O–H groups in total. The zero-order chi connectivity index (χ0) is 16.7. The lowest BCUT2D eigenvalue weighted by Gasteiger charge is -2.12. The third-order valence-corrected chi connectivity index (χ3v) is 4.09. The van der Waals surface area contributed by atoms with E-state index in [1.165, 1.54) is 24.5 Å². The van der Waals surface area contributed by atoms with E-state index < -0.39 is 17.6 Å². The molecular weight excluding hydrogens is 419 g/mol. The molecule has 118 valence electrons. The highest BCUT2D eigenvalue weighted by molar-refractivity contribution is 14.1. The maximum absolute atomic E-state index is 14.7. The van der Waals surface area contributed by atoms with Crippen molar-refractivity contribution in [3.63, 3.8) is 0 Å². The van der Waals surface area contributed by atoms with Gasteiger partial charge in [0.25, 0.3) is 0 Å².